The number of aryl methyl sites for hydroxylation is 1. The minimum atomic E-state index is -0.518. The topological polar surface area (TPSA) is 67.4 Å². The maximum atomic E-state index is 12.3. The molecule has 0 atom stereocenters. The summed E-state index contributed by atoms with van der Waals surface area (Å²) in [6.07, 6.45) is -0.518. The molecule has 0 bridgehead atoms. The van der Waals surface area contributed by atoms with Crippen molar-refractivity contribution in [2.75, 3.05) is 17.2 Å². The molecule has 0 aliphatic carbocycles. The van der Waals surface area contributed by atoms with E-state index >= 15 is 0 Å². The lowest BCUT2D eigenvalue weighted by Gasteiger charge is -2.10. The Morgan fingerprint density at radius 1 is 1.09 bits per heavy atom. The van der Waals surface area contributed by atoms with Gasteiger partial charge < -0.3 is 10.1 Å². The number of rotatable bonds is 4. The third-order valence-corrected chi connectivity index (χ3v) is 3.60. The predicted molar refractivity (Wildman–Crippen MR) is 93.9 cm³/mol. The summed E-state index contributed by atoms with van der Waals surface area (Å²) in [7, 11) is 0. The number of carbonyl (C=O) groups excluding carboxylic acids is 2. The van der Waals surface area contributed by atoms with Gasteiger partial charge in [0.25, 0.3) is 5.91 Å². The molecule has 2 aromatic rings. The van der Waals surface area contributed by atoms with Crippen LogP contribution in [-0.4, -0.2) is 18.6 Å². The van der Waals surface area contributed by atoms with Crippen molar-refractivity contribution in [2.45, 2.75) is 13.8 Å². The molecule has 2 N–H and O–H groups in total. The van der Waals surface area contributed by atoms with Gasteiger partial charge in [-0.25, -0.2) is 4.79 Å². The molecule has 0 aromatic heterocycles. The van der Waals surface area contributed by atoms with Crippen LogP contribution >= 0.6 is 15.9 Å². The lowest BCUT2D eigenvalue weighted by molar-refractivity contribution is 0.102. The third kappa shape index (κ3) is 4.82. The molecule has 6 heteroatoms. The SMILES string of the molecule is CCOC(=O)Nc1ccc(C(=O)Nc2ccc(Br)cc2C)cc1. The molecule has 2 aromatic carbocycles. The quantitative estimate of drug-likeness (QED) is 0.820. The molecule has 0 heterocycles. The number of hydrogen-bond donors (Lipinski definition) is 2. The molecular weight excluding hydrogens is 360 g/mol. The van der Waals surface area contributed by atoms with E-state index in [2.05, 4.69) is 26.6 Å². The van der Waals surface area contributed by atoms with Gasteiger partial charge >= 0.3 is 6.09 Å². The zero-order chi connectivity index (χ0) is 16.8. The van der Waals surface area contributed by atoms with E-state index in [4.69, 9.17) is 4.74 Å². The van der Waals surface area contributed by atoms with Gasteiger partial charge in [-0.15, -0.1) is 0 Å². The summed E-state index contributed by atoms with van der Waals surface area (Å²) in [5, 5.41) is 5.44. The first-order valence-corrected chi connectivity index (χ1v) is 7.90. The van der Waals surface area contributed by atoms with Crippen molar-refractivity contribution in [3.05, 3.63) is 58.1 Å². The minimum absolute atomic E-state index is 0.210. The zero-order valence-electron chi connectivity index (χ0n) is 12.9. The lowest BCUT2D eigenvalue weighted by Crippen LogP contribution is -2.14. The molecule has 0 spiro atoms. The lowest BCUT2D eigenvalue weighted by atomic mass is 10.1. The van der Waals surface area contributed by atoms with Crippen LogP contribution in [0.3, 0.4) is 0 Å². The average molecular weight is 377 g/mol. The minimum Gasteiger partial charge on any atom is -0.450 e. The molecule has 0 fully saturated rings. The highest BCUT2D eigenvalue weighted by Crippen LogP contribution is 2.21. The fourth-order valence-electron chi connectivity index (χ4n) is 1.95. The fourth-order valence-corrected chi connectivity index (χ4v) is 2.43. The van der Waals surface area contributed by atoms with E-state index in [1.807, 2.05) is 25.1 Å². The second-order valence-corrected chi connectivity index (χ2v) is 5.75. The van der Waals surface area contributed by atoms with Gasteiger partial charge in [0.15, 0.2) is 0 Å². The van der Waals surface area contributed by atoms with Gasteiger partial charge in [0.1, 0.15) is 0 Å². The predicted octanol–water partition coefficient (Wildman–Crippen LogP) is 4.58. The highest BCUT2D eigenvalue weighted by Gasteiger charge is 2.09. The smallest absolute Gasteiger partial charge is 0.411 e. The molecule has 0 unspecified atom stereocenters. The fraction of sp³-hybridized carbons (Fsp3) is 0.176. The van der Waals surface area contributed by atoms with Crippen molar-refractivity contribution in [3.8, 4) is 0 Å². The summed E-state index contributed by atoms with van der Waals surface area (Å²) in [4.78, 5) is 23.6. The van der Waals surface area contributed by atoms with Crippen LogP contribution < -0.4 is 10.6 Å². The first-order valence-electron chi connectivity index (χ1n) is 7.11. The maximum absolute atomic E-state index is 12.3. The summed E-state index contributed by atoms with van der Waals surface area (Å²) in [6.45, 7) is 3.96. The van der Waals surface area contributed by atoms with E-state index in [1.54, 1.807) is 31.2 Å². The van der Waals surface area contributed by atoms with E-state index in [0.717, 1.165) is 15.7 Å². The number of hydrogen-bond acceptors (Lipinski definition) is 3. The summed E-state index contributed by atoms with van der Waals surface area (Å²) in [6, 6.07) is 12.2. The first kappa shape index (κ1) is 17.0. The number of carbonyl (C=O) groups is 2. The number of amides is 2. The molecule has 2 amide bonds. The van der Waals surface area contributed by atoms with E-state index in [1.165, 1.54) is 0 Å². The van der Waals surface area contributed by atoms with Crippen molar-refractivity contribution < 1.29 is 14.3 Å². The molecule has 0 saturated heterocycles. The number of nitrogens with one attached hydrogen (secondary N) is 2. The van der Waals surface area contributed by atoms with Crippen molar-refractivity contribution in [2.24, 2.45) is 0 Å². The third-order valence-electron chi connectivity index (χ3n) is 3.11. The van der Waals surface area contributed by atoms with Gasteiger partial charge in [-0.2, -0.15) is 0 Å². The maximum Gasteiger partial charge on any atom is 0.411 e. The van der Waals surface area contributed by atoms with Crippen LogP contribution in [0.5, 0.6) is 0 Å². The van der Waals surface area contributed by atoms with E-state index in [-0.39, 0.29) is 5.91 Å². The standard InChI is InChI=1S/C17H17BrN2O3/c1-3-23-17(22)19-14-7-4-12(5-8-14)16(21)20-15-9-6-13(18)10-11(15)2/h4-10H,3H2,1-2H3,(H,19,22)(H,20,21). The molecular formula is C17H17BrN2O3. The molecule has 0 aliphatic rings. The van der Waals surface area contributed by atoms with Crippen LogP contribution in [0, 0.1) is 6.92 Å². The molecule has 23 heavy (non-hydrogen) atoms. The van der Waals surface area contributed by atoms with Gasteiger partial charge in [-0.05, 0) is 61.9 Å². The monoisotopic (exact) mass is 376 g/mol. The van der Waals surface area contributed by atoms with Crippen LogP contribution in [0.25, 0.3) is 0 Å². The highest BCUT2D eigenvalue weighted by atomic mass is 79.9. The number of anilines is 2. The Hall–Kier alpha value is -2.34. The highest BCUT2D eigenvalue weighted by molar-refractivity contribution is 9.10. The zero-order valence-corrected chi connectivity index (χ0v) is 14.4. The summed E-state index contributed by atoms with van der Waals surface area (Å²) in [5.41, 5.74) is 2.79. The molecule has 0 radical (unpaired) electrons. The van der Waals surface area contributed by atoms with E-state index in [9.17, 15) is 9.59 Å². The van der Waals surface area contributed by atoms with Gasteiger partial charge in [0, 0.05) is 21.4 Å². The van der Waals surface area contributed by atoms with Gasteiger partial charge in [0.05, 0.1) is 6.61 Å². The Morgan fingerprint density at radius 3 is 2.39 bits per heavy atom. The molecule has 2 rings (SSSR count). The Balaban J connectivity index is 2.04. The van der Waals surface area contributed by atoms with E-state index in [0.29, 0.717) is 17.9 Å². The molecule has 5 nitrogen and oxygen atoms in total. The summed E-state index contributed by atoms with van der Waals surface area (Å²) < 4.78 is 5.75. The Morgan fingerprint density at radius 2 is 1.78 bits per heavy atom. The van der Waals surface area contributed by atoms with Crippen LogP contribution in [0.15, 0.2) is 46.9 Å². The van der Waals surface area contributed by atoms with Gasteiger partial charge in [0.2, 0.25) is 0 Å². The van der Waals surface area contributed by atoms with Gasteiger partial charge in [-0.3, -0.25) is 10.1 Å². The molecule has 0 saturated carbocycles. The number of halogens is 1. The Labute approximate surface area is 143 Å². The number of ether oxygens (including phenoxy) is 1. The normalized spacial score (nSPS) is 10.0. The first-order chi connectivity index (χ1) is 11.0. The van der Waals surface area contributed by atoms with Crippen molar-refractivity contribution in [1.82, 2.24) is 0 Å². The Kier molecular flexibility index (Phi) is 5.76. The van der Waals surface area contributed by atoms with Crippen molar-refractivity contribution >= 4 is 39.3 Å². The summed E-state index contributed by atoms with van der Waals surface area (Å²) >= 11 is 3.39. The van der Waals surface area contributed by atoms with Gasteiger partial charge in [-0.1, -0.05) is 15.9 Å². The van der Waals surface area contributed by atoms with Crippen LogP contribution in [0.1, 0.15) is 22.8 Å². The van der Waals surface area contributed by atoms with Crippen molar-refractivity contribution in [1.29, 1.82) is 0 Å². The average Bonchev–Trinajstić information content (AvgIpc) is 2.51. The van der Waals surface area contributed by atoms with E-state index < -0.39 is 6.09 Å². The second-order valence-electron chi connectivity index (χ2n) is 4.84. The summed E-state index contributed by atoms with van der Waals surface area (Å²) in [5.74, 6) is -0.210. The molecule has 0 aliphatic heterocycles. The van der Waals surface area contributed by atoms with Crippen molar-refractivity contribution in [3.63, 3.8) is 0 Å². The van der Waals surface area contributed by atoms with Crippen LogP contribution in [-0.2, 0) is 4.74 Å². The Bertz CT molecular complexity index is 714. The van der Waals surface area contributed by atoms with Crippen LogP contribution in [0.4, 0.5) is 16.2 Å². The largest absolute Gasteiger partial charge is 0.450 e. The number of benzene rings is 2. The van der Waals surface area contributed by atoms with Crippen LogP contribution in [0.2, 0.25) is 0 Å². The molecule has 120 valence electrons. The second kappa shape index (κ2) is 7.78.